The molecule has 1 aliphatic carbocycles. The quantitative estimate of drug-likeness (QED) is 0.595. The first kappa shape index (κ1) is 18.0. The van der Waals surface area contributed by atoms with Crippen LogP contribution in [0.1, 0.15) is 12.8 Å². The van der Waals surface area contributed by atoms with Gasteiger partial charge in [0.1, 0.15) is 5.82 Å². The minimum absolute atomic E-state index is 0.132. The average molecular weight is 401 g/mol. The highest BCUT2D eigenvalue weighted by molar-refractivity contribution is 6.33. The van der Waals surface area contributed by atoms with Gasteiger partial charge in [-0.2, -0.15) is 0 Å². The van der Waals surface area contributed by atoms with E-state index >= 15 is 0 Å². The van der Waals surface area contributed by atoms with Crippen molar-refractivity contribution in [3.05, 3.63) is 52.5 Å². The van der Waals surface area contributed by atoms with Crippen LogP contribution in [-0.4, -0.2) is 29.0 Å². The number of carbonyl (C=O) groups is 1. The van der Waals surface area contributed by atoms with Crippen LogP contribution in [0.25, 0.3) is 22.3 Å². The molecule has 4 rings (SSSR count). The summed E-state index contributed by atoms with van der Waals surface area (Å²) >= 11 is 12.5. The Bertz CT molecular complexity index is 1000. The van der Waals surface area contributed by atoms with Crippen LogP contribution in [-0.2, 0) is 4.79 Å². The summed E-state index contributed by atoms with van der Waals surface area (Å²) in [5, 5.41) is 8.29. The largest absolute Gasteiger partial charge is 0.368 e. The molecule has 1 fully saturated rings. The predicted molar refractivity (Wildman–Crippen MR) is 109 cm³/mol. The Hall–Kier alpha value is -2.37. The van der Waals surface area contributed by atoms with Gasteiger partial charge in [0.25, 0.3) is 0 Å². The molecule has 0 spiro atoms. The number of anilines is 1. The van der Waals surface area contributed by atoms with Crippen LogP contribution in [0.2, 0.25) is 10.0 Å². The fraction of sp³-hybridized carbons (Fsp3) is 0.250. The van der Waals surface area contributed by atoms with E-state index in [0.717, 1.165) is 29.3 Å². The van der Waals surface area contributed by atoms with E-state index in [1.807, 2.05) is 36.4 Å². The number of nitrogens with zero attached hydrogens (tertiary/aromatic N) is 2. The fourth-order valence-electron chi connectivity index (χ4n) is 2.86. The third-order valence-corrected chi connectivity index (χ3v) is 5.00. The summed E-state index contributed by atoms with van der Waals surface area (Å²) in [6, 6.07) is 13.0. The zero-order valence-corrected chi connectivity index (χ0v) is 16.0. The molecule has 27 heavy (non-hydrogen) atoms. The van der Waals surface area contributed by atoms with Crippen molar-refractivity contribution < 1.29 is 4.79 Å². The van der Waals surface area contributed by atoms with Crippen molar-refractivity contribution in [3.8, 4) is 11.4 Å². The monoisotopic (exact) mass is 400 g/mol. The molecule has 1 heterocycles. The summed E-state index contributed by atoms with van der Waals surface area (Å²) in [6.45, 7) is 1.10. The van der Waals surface area contributed by atoms with Gasteiger partial charge in [-0.25, -0.2) is 9.97 Å². The number of fused-ring (bicyclic) bond motifs is 1. The van der Waals surface area contributed by atoms with Crippen molar-refractivity contribution in [2.45, 2.75) is 12.8 Å². The van der Waals surface area contributed by atoms with E-state index in [2.05, 4.69) is 20.6 Å². The summed E-state index contributed by atoms with van der Waals surface area (Å²) in [5.41, 5.74) is 1.49. The molecule has 5 nitrogen and oxygen atoms in total. The molecule has 0 atom stereocenters. The highest BCUT2D eigenvalue weighted by atomic mass is 35.5. The lowest BCUT2D eigenvalue weighted by molar-refractivity contribution is -0.122. The third-order valence-electron chi connectivity index (χ3n) is 4.44. The number of nitrogens with one attached hydrogen (secondary N) is 2. The second kappa shape index (κ2) is 7.71. The number of benzene rings is 2. The first-order valence-corrected chi connectivity index (χ1v) is 9.61. The van der Waals surface area contributed by atoms with Crippen LogP contribution in [0.4, 0.5) is 5.82 Å². The molecule has 2 aromatic carbocycles. The van der Waals surface area contributed by atoms with E-state index in [1.165, 1.54) is 0 Å². The van der Waals surface area contributed by atoms with Crippen molar-refractivity contribution >= 4 is 45.8 Å². The molecule has 0 bridgehead atoms. The number of halogens is 2. The van der Waals surface area contributed by atoms with Gasteiger partial charge in [-0.1, -0.05) is 35.3 Å². The number of hydrogen-bond donors (Lipinski definition) is 2. The summed E-state index contributed by atoms with van der Waals surface area (Å²) in [6.07, 6.45) is 2.00. The van der Waals surface area contributed by atoms with Crippen LogP contribution in [0.3, 0.4) is 0 Å². The first-order chi connectivity index (χ1) is 13.1. The van der Waals surface area contributed by atoms with E-state index in [4.69, 9.17) is 23.2 Å². The molecule has 0 radical (unpaired) electrons. The standard InChI is InChI=1S/C20H18Cl2N4O/c21-13-7-8-15-17(11-13)25-19(14-3-1-2-4-16(14)22)26-18(15)23-9-10-24-20(27)12-5-6-12/h1-4,7-8,11-12H,5-6,9-10H2,(H,24,27)(H,23,25,26). The number of hydrogen-bond acceptors (Lipinski definition) is 4. The second-order valence-electron chi connectivity index (χ2n) is 6.53. The van der Waals surface area contributed by atoms with Crippen molar-refractivity contribution in [1.29, 1.82) is 0 Å². The van der Waals surface area contributed by atoms with Gasteiger partial charge in [-0.05, 0) is 43.2 Å². The maximum atomic E-state index is 11.7. The number of aromatic nitrogens is 2. The molecule has 1 saturated carbocycles. The Morgan fingerprint density at radius 3 is 2.67 bits per heavy atom. The Kier molecular flexibility index (Phi) is 5.14. The van der Waals surface area contributed by atoms with Crippen molar-refractivity contribution in [3.63, 3.8) is 0 Å². The summed E-state index contributed by atoms with van der Waals surface area (Å²) in [7, 11) is 0. The van der Waals surface area contributed by atoms with Gasteiger partial charge in [-0.15, -0.1) is 0 Å². The fourth-order valence-corrected chi connectivity index (χ4v) is 3.24. The summed E-state index contributed by atoms with van der Waals surface area (Å²) < 4.78 is 0. The van der Waals surface area contributed by atoms with Crippen LogP contribution >= 0.6 is 23.2 Å². The maximum Gasteiger partial charge on any atom is 0.223 e. The van der Waals surface area contributed by atoms with E-state index in [-0.39, 0.29) is 11.8 Å². The van der Waals surface area contributed by atoms with Crippen LogP contribution in [0, 0.1) is 5.92 Å². The molecule has 2 N–H and O–H groups in total. The molecule has 138 valence electrons. The van der Waals surface area contributed by atoms with Gasteiger partial charge in [0.15, 0.2) is 5.82 Å². The van der Waals surface area contributed by atoms with Crippen LogP contribution < -0.4 is 10.6 Å². The highest BCUT2D eigenvalue weighted by Gasteiger charge is 2.29. The Morgan fingerprint density at radius 1 is 1.07 bits per heavy atom. The molecule has 0 unspecified atom stereocenters. The molecular weight excluding hydrogens is 383 g/mol. The van der Waals surface area contributed by atoms with E-state index < -0.39 is 0 Å². The zero-order valence-electron chi connectivity index (χ0n) is 14.5. The van der Waals surface area contributed by atoms with Gasteiger partial charge in [0.05, 0.1) is 10.5 Å². The van der Waals surface area contributed by atoms with Crippen LogP contribution in [0.15, 0.2) is 42.5 Å². The first-order valence-electron chi connectivity index (χ1n) is 8.85. The molecule has 7 heteroatoms. The molecule has 0 aliphatic heterocycles. The molecule has 1 amide bonds. The normalized spacial score (nSPS) is 13.6. The lowest BCUT2D eigenvalue weighted by Crippen LogP contribution is -2.30. The van der Waals surface area contributed by atoms with Gasteiger partial charge in [0.2, 0.25) is 5.91 Å². The van der Waals surface area contributed by atoms with E-state index in [1.54, 1.807) is 6.07 Å². The van der Waals surface area contributed by atoms with Crippen LogP contribution in [0.5, 0.6) is 0 Å². The minimum atomic E-state index is 0.132. The number of amides is 1. The molecule has 1 aliphatic rings. The number of carbonyl (C=O) groups excluding carboxylic acids is 1. The second-order valence-corrected chi connectivity index (χ2v) is 7.37. The maximum absolute atomic E-state index is 11.7. The molecule has 1 aromatic heterocycles. The van der Waals surface area contributed by atoms with Gasteiger partial charge >= 0.3 is 0 Å². The minimum Gasteiger partial charge on any atom is -0.368 e. The number of rotatable bonds is 6. The van der Waals surface area contributed by atoms with Crippen molar-refractivity contribution in [2.75, 3.05) is 18.4 Å². The topological polar surface area (TPSA) is 66.9 Å². The molecule has 3 aromatic rings. The van der Waals surface area contributed by atoms with Gasteiger partial charge in [0, 0.05) is 35.0 Å². The Morgan fingerprint density at radius 2 is 1.89 bits per heavy atom. The SMILES string of the molecule is O=C(NCCNc1nc(-c2ccccc2Cl)nc2cc(Cl)ccc12)C1CC1. The average Bonchev–Trinajstić information content (AvgIpc) is 3.50. The highest BCUT2D eigenvalue weighted by Crippen LogP contribution is 2.30. The Balaban J connectivity index is 1.61. The smallest absolute Gasteiger partial charge is 0.223 e. The molecule has 0 saturated heterocycles. The zero-order chi connectivity index (χ0) is 18.8. The predicted octanol–water partition coefficient (Wildman–Crippen LogP) is 4.54. The summed E-state index contributed by atoms with van der Waals surface area (Å²) in [5.74, 6) is 1.55. The van der Waals surface area contributed by atoms with Crippen molar-refractivity contribution in [2.24, 2.45) is 5.92 Å². The lowest BCUT2D eigenvalue weighted by Gasteiger charge is -2.12. The Labute approximate surface area is 167 Å². The van der Waals surface area contributed by atoms with Gasteiger partial charge in [-0.3, -0.25) is 4.79 Å². The third kappa shape index (κ3) is 4.15. The molecular formula is C20H18Cl2N4O. The van der Waals surface area contributed by atoms with Gasteiger partial charge < -0.3 is 10.6 Å². The summed E-state index contributed by atoms with van der Waals surface area (Å²) in [4.78, 5) is 21.0. The van der Waals surface area contributed by atoms with Crippen molar-refractivity contribution in [1.82, 2.24) is 15.3 Å². The van der Waals surface area contributed by atoms with E-state index in [0.29, 0.717) is 34.8 Å². The van der Waals surface area contributed by atoms with E-state index in [9.17, 15) is 4.79 Å². The lowest BCUT2D eigenvalue weighted by atomic mass is 10.2.